The minimum Gasteiger partial charge on any atom is -0.350 e. The fourth-order valence-electron chi connectivity index (χ4n) is 2.05. The van der Waals surface area contributed by atoms with Crippen LogP contribution >= 0.6 is 11.6 Å². The molecule has 110 valence electrons. The van der Waals surface area contributed by atoms with Crippen LogP contribution in [0, 0.1) is 0 Å². The minimum absolute atomic E-state index is 0.373. The van der Waals surface area contributed by atoms with E-state index in [1.807, 2.05) is 24.3 Å². The molecule has 3 N–H and O–H groups in total. The van der Waals surface area contributed by atoms with Crippen LogP contribution in [0.5, 0.6) is 0 Å². The zero-order chi connectivity index (χ0) is 15.5. The first kappa shape index (κ1) is 14.2. The lowest BCUT2D eigenvalue weighted by Gasteiger charge is -2.06. The number of amides is 2. The van der Waals surface area contributed by atoms with Crippen molar-refractivity contribution in [2.75, 3.05) is 0 Å². The van der Waals surface area contributed by atoms with Crippen LogP contribution in [0.3, 0.4) is 0 Å². The first-order chi connectivity index (χ1) is 10.6. The van der Waals surface area contributed by atoms with Gasteiger partial charge in [-0.25, -0.2) is 0 Å². The van der Waals surface area contributed by atoms with Crippen molar-refractivity contribution in [3.63, 3.8) is 0 Å². The van der Waals surface area contributed by atoms with Gasteiger partial charge < -0.3 is 4.98 Å². The summed E-state index contributed by atoms with van der Waals surface area (Å²) >= 11 is 5.76. The fraction of sp³-hybridized carbons (Fsp3) is 0. The quantitative estimate of drug-likeness (QED) is 0.636. The first-order valence-electron chi connectivity index (χ1n) is 6.57. The molecule has 5 nitrogen and oxygen atoms in total. The van der Waals surface area contributed by atoms with E-state index >= 15 is 0 Å². The van der Waals surface area contributed by atoms with Crippen molar-refractivity contribution in [3.05, 3.63) is 70.9 Å². The van der Waals surface area contributed by atoms with Gasteiger partial charge in [0, 0.05) is 21.5 Å². The predicted octanol–water partition coefficient (Wildman–Crippen LogP) is 2.90. The molecule has 3 aromatic rings. The van der Waals surface area contributed by atoms with Gasteiger partial charge in [-0.1, -0.05) is 29.8 Å². The molecule has 2 aromatic carbocycles. The summed E-state index contributed by atoms with van der Waals surface area (Å²) in [5, 5.41) is 1.47. The number of hydrogen-bond acceptors (Lipinski definition) is 2. The molecule has 0 radical (unpaired) electrons. The number of benzene rings is 2. The number of carbonyl (C=O) groups excluding carboxylic acids is 2. The topological polar surface area (TPSA) is 74.0 Å². The summed E-state index contributed by atoms with van der Waals surface area (Å²) in [6.45, 7) is 0. The number of hydrazine groups is 1. The van der Waals surface area contributed by atoms with Gasteiger partial charge in [0.25, 0.3) is 11.8 Å². The molecule has 0 spiro atoms. The average molecular weight is 314 g/mol. The predicted molar refractivity (Wildman–Crippen MR) is 84.7 cm³/mol. The van der Waals surface area contributed by atoms with Gasteiger partial charge in [-0.3, -0.25) is 20.4 Å². The van der Waals surface area contributed by atoms with E-state index in [0.717, 1.165) is 10.9 Å². The summed E-state index contributed by atoms with van der Waals surface area (Å²) in [5.41, 5.74) is 6.36. The normalized spacial score (nSPS) is 10.4. The molecule has 22 heavy (non-hydrogen) atoms. The maximum absolute atomic E-state index is 12.0. The number of rotatable bonds is 2. The lowest BCUT2D eigenvalue weighted by atomic mass is 10.2. The van der Waals surface area contributed by atoms with Gasteiger partial charge in [-0.15, -0.1) is 0 Å². The van der Waals surface area contributed by atoms with Gasteiger partial charge in [0.1, 0.15) is 5.69 Å². The first-order valence-corrected chi connectivity index (χ1v) is 6.95. The second-order valence-electron chi connectivity index (χ2n) is 4.69. The molecule has 0 fully saturated rings. The van der Waals surface area contributed by atoms with Crippen LogP contribution in [0.15, 0.2) is 54.6 Å². The van der Waals surface area contributed by atoms with Crippen LogP contribution in [0.25, 0.3) is 10.9 Å². The molecule has 0 bridgehead atoms. The second-order valence-corrected chi connectivity index (χ2v) is 5.12. The van der Waals surface area contributed by atoms with E-state index in [1.165, 1.54) is 0 Å². The fourth-order valence-corrected chi connectivity index (χ4v) is 2.18. The number of nitrogens with one attached hydrogen (secondary N) is 3. The Morgan fingerprint density at radius 2 is 1.59 bits per heavy atom. The molecule has 0 atom stereocenters. The van der Waals surface area contributed by atoms with E-state index in [1.54, 1.807) is 30.3 Å². The van der Waals surface area contributed by atoms with Crippen molar-refractivity contribution < 1.29 is 9.59 Å². The molecule has 1 aromatic heterocycles. The van der Waals surface area contributed by atoms with Crippen molar-refractivity contribution in [2.24, 2.45) is 0 Å². The Hall–Kier alpha value is -2.79. The van der Waals surface area contributed by atoms with Crippen molar-refractivity contribution >= 4 is 34.3 Å². The van der Waals surface area contributed by atoms with Crippen LogP contribution < -0.4 is 10.9 Å². The molecule has 0 aliphatic heterocycles. The molecule has 0 saturated heterocycles. The Labute approximate surface area is 131 Å². The number of aromatic nitrogens is 1. The van der Waals surface area contributed by atoms with Crippen LogP contribution in [-0.4, -0.2) is 16.8 Å². The lowest BCUT2D eigenvalue weighted by molar-refractivity contribution is 0.0844. The number of H-pyrrole nitrogens is 1. The largest absolute Gasteiger partial charge is 0.350 e. The van der Waals surface area contributed by atoms with Gasteiger partial charge in [0.15, 0.2) is 0 Å². The van der Waals surface area contributed by atoms with E-state index in [0.29, 0.717) is 16.3 Å². The van der Waals surface area contributed by atoms with Crippen LogP contribution in [0.4, 0.5) is 0 Å². The highest BCUT2D eigenvalue weighted by atomic mass is 35.5. The molecule has 0 aliphatic carbocycles. The highest BCUT2D eigenvalue weighted by Crippen LogP contribution is 2.14. The Bertz CT molecular complexity index is 807. The van der Waals surface area contributed by atoms with Crippen molar-refractivity contribution in [3.8, 4) is 0 Å². The highest BCUT2D eigenvalue weighted by Gasteiger charge is 2.11. The number of hydrogen-bond donors (Lipinski definition) is 3. The lowest BCUT2D eigenvalue weighted by Crippen LogP contribution is -2.41. The molecule has 6 heteroatoms. The Morgan fingerprint density at radius 3 is 2.32 bits per heavy atom. The van der Waals surface area contributed by atoms with Crippen molar-refractivity contribution in [2.45, 2.75) is 0 Å². The van der Waals surface area contributed by atoms with Gasteiger partial charge in [-0.2, -0.15) is 0 Å². The molecule has 0 unspecified atom stereocenters. The standard InChI is InChI=1S/C16H12ClN3O2/c17-12-7-5-10(6-8-12)15(21)19-20-16(22)14-9-11-3-1-2-4-13(11)18-14/h1-9,18H,(H,19,21)(H,20,22). The highest BCUT2D eigenvalue weighted by molar-refractivity contribution is 6.30. The van der Waals surface area contributed by atoms with Crippen LogP contribution in [0.2, 0.25) is 5.02 Å². The minimum atomic E-state index is -0.418. The van der Waals surface area contributed by atoms with Gasteiger partial charge in [-0.05, 0) is 36.4 Å². The van der Waals surface area contributed by atoms with E-state index in [2.05, 4.69) is 15.8 Å². The monoisotopic (exact) mass is 313 g/mol. The summed E-state index contributed by atoms with van der Waals surface area (Å²) in [5.74, 6) is -0.834. The zero-order valence-corrected chi connectivity index (χ0v) is 12.1. The van der Waals surface area contributed by atoms with Crippen LogP contribution in [-0.2, 0) is 0 Å². The molecular formula is C16H12ClN3O2. The number of carbonyl (C=O) groups is 2. The molecular weight excluding hydrogens is 302 g/mol. The average Bonchev–Trinajstić information content (AvgIpc) is 2.97. The number of aromatic amines is 1. The second kappa shape index (κ2) is 5.91. The summed E-state index contributed by atoms with van der Waals surface area (Å²) < 4.78 is 0. The van der Waals surface area contributed by atoms with E-state index in [9.17, 15) is 9.59 Å². The van der Waals surface area contributed by atoms with Crippen LogP contribution in [0.1, 0.15) is 20.8 Å². The zero-order valence-electron chi connectivity index (χ0n) is 11.4. The smallest absolute Gasteiger partial charge is 0.286 e. The summed E-state index contributed by atoms with van der Waals surface area (Å²) in [6, 6.07) is 15.6. The third kappa shape index (κ3) is 2.94. The maximum Gasteiger partial charge on any atom is 0.286 e. The SMILES string of the molecule is O=C(NNC(=O)c1cc2ccccc2[nH]1)c1ccc(Cl)cc1. The number of para-hydroxylation sites is 1. The molecule has 0 saturated carbocycles. The molecule has 3 rings (SSSR count). The number of halogens is 1. The van der Waals surface area contributed by atoms with E-state index in [4.69, 9.17) is 11.6 Å². The van der Waals surface area contributed by atoms with Gasteiger partial charge in [0.05, 0.1) is 0 Å². The Balaban J connectivity index is 1.66. The van der Waals surface area contributed by atoms with Gasteiger partial charge in [0.2, 0.25) is 0 Å². The van der Waals surface area contributed by atoms with Crippen molar-refractivity contribution in [1.82, 2.24) is 15.8 Å². The molecule has 2 amide bonds. The summed E-state index contributed by atoms with van der Waals surface area (Å²) in [4.78, 5) is 26.9. The molecule has 0 aliphatic rings. The van der Waals surface area contributed by atoms with E-state index in [-0.39, 0.29) is 0 Å². The van der Waals surface area contributed by atoms with E-state index < -0.39 is 11.8 Å². The Morgan fingerprint density at radius 1 is 0.909 bits per heavy atom. The summed E-state index contributed by atoms with van der Waals surface area (Å²) in [7, 11) is 0. The number of fused-ring (bicyclic) bond motifs is 1. The third-order valence-electron chi connectivity index (χ3n) is 3.17. The van der Waals surface area contributed by atoms with Gasteiger partial charge >= 0.3 is 0 Å². The molecule has 1 heterocycles. The Kier molecular flexibility index (Phi) is 3.80. The maximum atomic E-state index is 12.0. The van der Waals surface area contributed by atoms with Crippen molar-refractivity contribution in [1.29, 1.82) is 0 Å². The third-order valence-corrected chi connectivity index (χ3v) is 3.42. The summed E-state index contributed by atoms with van der Waals surface area (Å²) in [6.07, 6.45) is 0.